The van der Waals surface area contributed by atoms with Crippen molar-refractivity contribution in [3.8, 4) is 0 Å². The van der Waals surface area contributed by atoms with E-state index in [0.29, 0.717) is 0 Å². The lowest BCUT2D eigenvalue weighted by molar-refractivity contribution is -0.173. The van der Waals surface area contributed by atoms with Crippen LogP contribution in [0.2, 0.25) is 0 Å². The third-order valence-corrected chi connectivity index (χ3v) is 4.22. The van der Waals surface area contributed by atoms with Crippen LogP contribution in [0.3, 0.4) is 0 Å². The molecular formula is C12H13NO4S. The van der Waals surface area contributed by atoms with E-state index in [1.807, 2.05) is 17.5 Å². The highest BCUT2D eigenvalue weighted by Gasteiger charge is 2.47. The molecule has 1 aromatic heterocycles. The maximum Gasteiger partial charge on any atom is 0.335 e. The van der Waals surface area contributed by atoms with Crippen LogP contribution in [0.4, 0.5) is 0 Å². The Morgan fingerprint density at radius 2 is 2.28 bits per heavy atom. The second kappa shape index (κ2) is 4.37. The van der Waals surface area contributed by atoms with Gasteiger partial charge in [-0.2, -0.15) is 0 Å². The van der Waals surface area contributed by atoms with E-state index in [4.69, 9.17) is 4.74 Å². The average Bonchev–Trinajstić information content (AvgIpc) is 3.03. The van der Waals surface area contributed by atoms with E-state index in [9.17, 15) is 14.7 Å². The Morgan fingerprint density at radius 1 is 1.50 bits per heavy atom. The predicted octanol–water partition coefficient (Wildman–Crippen LogP) is 1.26. The van der Waals surface area contributed by atoms with Crippen LogP contribution in [0.1, 0.15) is 23.8 Å². The second-order valence-electron chi connectivity index (χ2n) is 4.56. The van der Waals surface area contributed by atoms with Crippen LogP contribution in [0, 0.1) is 0 Å². The minimum Gasteiger partial charge on any atom is -0.479 e. The van der Waals surface area contributed by atoms with Gasteiger partial charge in [0, 0.05) is 10.9 Å². The van der Waals surface area contributed by atoms with Gasteiger partial charge in [0.2, 0.25) is 5.91 Å². The van der Waals surface area contributed by atoms with Gasteiger partial charge in [0.1, 0.15) is 12.6 Å². The monoisotopic (exact) mass is 267 g/mol. The van der Waals surface area contributed by atoms with E-state index >= 15 is 0 Å². The molecule has 0 radical (unpaired) electrons. The zero-order valence-corrected chi connectivity index (χ0v) is 10.4. The fraction of sp³-hybridized carbons (Fsp3) is 0.500. The molecule has 6 heteroatoms. The maximum atomic E-state index is 12.0. The normalized spacial score (nSPS) is 28.4. The summed E-state index contributed by atoms with van der Waals surface area (Å²) in [4.78, 5) is 25.9. The smallest absolute Gasteiger partial charge is 0.335 e. The van der Waals surface area contributed by atoms with Crippen molar-refractivity contribution in [1.82, 2.24) is 4.90 Å². The summed E-state index contributed by atoms with van der Waals surface area (Å²) in [6, 6.07) is 3.44. The van der Waals surface area contributed by atoms with Crippen LogP contribution in [0.5, 0.6) is 0 Å². The molecule has 3 rings (SSSR count). The summed E-state index contributed by atoms with van der Waals surface area (Å²) in [5.41, 5.74) is 0. The van der Waals surface area contributed by atoms with Gasteiger partial charge in [-0.3, -0.25) is 4.79 Å². The Labute approximate surface area is 108 Å². The lowest BCUT2D eigenvalue weighted by Crippen LogP contribution is -2.52. The first-order valence-electron chi connectivity index (χ1n) is 5.87. The first-order chi connectivity index (χ1) is 8.68. The van der Waals surface area contributed by atoms with Gasteiger partial charge in [-0.25, -0.2) is 4.79 Å². The van der Waals surface area contributed by atoms with Crippen LogP contribution >= 0.6 is 11.3 Å². The number of hydrogen-bond acceptors (Lipinski definition) is 4. The second-order valence-corrected chi connectivity index (χ2v) is 5.54. The zero-order chi connectivity index (χ0) is 12.7. The van der Waals surface area contributed by atoms with E-state index in [1.165, 1.54) is 11.3 Å². The molecule has 0 unspecified atom stereocenters. The molecule has 18 heavy (non-hydrogen) atoms. The van der Waals surface area contributed by atoms with Crippen LogP contribution < -0.4 is 0 Å². The van der Waals surface area contributed by atoms with Crippen LogP contribution in [-0.4, -0.2) is 40.6 Å². The highest BCUT2D eigenvalue weighted by molar-refractivity contribution is 7.10. The number of thiophene rings is 1. The summed E-state index contributed by atoms with van der Waals surface area (Å²) in [6.07, 6.45) is 0.960. The summed E-state index contributed by atoms with van der Waals surface area (Å²) < 4.78 is 5.21. The molecule has 1 N–H and O–H groups in total. The largest absolute Gasteiger partial charge is 0.479 e. The lowest BCUT2D eigenvalue weighted by Gasteiger charge is -2.39. The van der Waals surface area contributed by atoms with Crippen molar-refractivity contribution in [3.63, 3.8) is 0 Å². The number of hydrogen-bond donors (Lipinski definition) is 1. The molecule has 1 saturated carbocycles. The van der Waals surface area contributed by atoms with Crippen molar-refractivity contribution in [2.24, 2.45) is 0 Å². The third kappa shape index (κ3) is 1.91. The molecule has 1 saturated heterocycles. The summed E-state index contributed by atoms with van der Waals surface area (Å²) in [7, 11) is 0. The number of carboxylic acids is 1. The van der Waals surface area contributed by atoms with E-state index in [-0.39, 0.29) is 18.6 Å². The first kappa shape index (κ1) is 11.7. The minimum absolute atomic E-state index is 0.103. The zero-order valence-electron chi connectivity index (χ0n) is 9.61. The Morgan fingerprint density at radius 3 is 2.83 bits per heavy atom. The number of rotatable bonds is 3. The number of nitrogens with zero attached hydrogens (tertiary/aromatic N) is 1. The molecule has 2 aliphatic rings. The Hall–Kier alpha value is -1.40. The van der Waals surface area contributed by atoms with E-state index in [1.54, 1.807) is 4.90 Å². The molecule has 5 nitrogen and oxygen atoms in total. The van der Waals surface area contributed by atoms with Gasteiger partial charge in [-0.15, -0.1) is 11.3 Å². The minimum atomic E-state index is -1.01. The van der Waals surface area contributed by atoms with Crippen molar-refractivity contribution in [2.75, 3.05) is 6.61 Å². The molecule has 0 spiro atoms. The molecule has 1 aromatic rings. The topological polar surface area (TPSA) is 66.8 Å². The fourth-order valence-corrected chi connectivity index (χ4v) is 3.21. The standard InChI is InChI=1S/C12H13NO4S/c14-9-6-17-11(12(15)16)10(8-2-1-5-18-8)13(9)7-3-4-7/h1-2,5,7,10-11H,3-4,6H2,(H,15,16)/t10-,11+/m1/s1. The predicted molar refractivity (Wildman–Crippen MR) is 64.3 cm³/mol. The summed E-state index contributed by atoms with van der Waals surface area (Å²) >= 11 is 1.46. The molecule has 0 bridgehead atoms. The van der Waals surface area contributed by atoms with Gasteiger partial charge in [-0.1, -0.05) is 6.07 Å². The van der Waals surface area contributed by atoms with E-state index in [0.717, 1.165) is 17.7 Å². The Balaban J connectivity index is 1.98. The van der Waals surface area contributed by atoms with Gasteiger partial charge in [0.25, 0.3) is 0 Å². The van der Waals surface area contributed by atoms with Gasteiger partial charge in [0.05, 0.1) is 0 Å². The van der Waals surface area contributed by atoms with Crippen molar-refractivity contribution in [3.05, 3.63) is 22.4 Å². The number of morpholine rings is 1. The van der Waals surface area contributed by atoms with Crippen LogP contribution in [0.25, 0.3) is 0 Å². The van der Waals surface area contributed by atoms with Gasteiger partial charge >= 0.3 is 5.97 Å². The van der Waals surface area contributed by atoms with Gasteiger partial charge < -0.3 is 14.7 Å². The quantitative estimate of drug-likeness (QED) is 0.895. The van der Waals surface area contributed by atoms with Crippen molar-refractivity contribution >= 4 is 23.2 Å². The number of carbonyl (C=O) groups is 2. The van der Waals surface area contributed by atoms with E-state index in [2.05, 4.69) is 0 Å². The molecule has 0 aromatic carbocycles. The molecule has 2 heterocycles. The van der Waals surface area contributed by atoms with Crippen molar-refractivity contribution in [1.29, 1.82) is 0 Å². The van der Waals surface area contributed by atoms with E-state index < -0.39 is 18.1 Å². The first-order valence-corrected chi connectivity index (χ1v) is 6.75. The van der Waals surface area contributed by atoms with Crippen molar-refractivity contribution < 1.29 is 19.4 Å². The average molecular weight is 267 g/mol. The third-order valence-electron chi connectivity index (χ3n) is 3.28. The summed E-state index contributed by atoms with van der Waals surface area (Å²) in [5, 5.41) is 11.1. The summed E-state index contributed by atoms with van der Waals surface area (Å²) in [5.74, 6) is -1.11. The Bertz CT molecular complexity index is 468. The molecule has 2 atom stereocenters. The number of aliphatic carboxylic acids is 1. The highest BCUT2D eigenvalue weighted by Crippen LogP contribution is 2.40. The molecule has 1 amide bonds. The molecule has 1 aliphatic heterocycles. The lowest BCUT2D eigenvalue weighted by atomic mass is 10.0. The SMILES string of the molecule is O=C(O)[C@H]1OCC(=O)N(C2CC2)[C@@H]1c1cccs1. The maximum absolute atomic E-state index is 12.0. The van der Waals surface area contributed by atoms with Crippen LogP contribution in [-0.2, 0) is 14.3 Å². The molecule has 96 valence electrons. The molecule has 2 fully saturated rings. The van der Waals surface area contributed by atoms with Crippen molar-refractivity contribution in [2.45, 2.75) is 31.0 Å². The van der Waals surface area contributed by atoms with Gasteiger partial charge in [-0.05, 0) is 24.3 Å². The molecular weight excluding hydrogens is 254 g/mol. The Kier molecular flexibility index (Phi) is 2.83. The highest BCUT2D eigenvalue weighted by atomic mass is 32.1. The number of ether oxygens (including phenoxy) is 1. The number of carboxylic acid groups (broad SMARTS) is 1. The number of amides is 1. The number of carbonyl (C=O) groups excluding carboxylic acids is 1. The summed E-state index contributed by atoms with van der Waals surface area (Å²) in [6.45, 7) is -0.130. The molecule has 1 aliphatic carbocycles. The van der Waals surface area contributed by atoms with Crippen LogP contribution in [0.15, 0.2) is 17.5 Å². The fourth-order valence-electron chi connectivity index (χ4n) is 2.36. The van der Waals surface area contributed by atoms with Gasteiger partial charge in [0.15, 0.2) is 6.10 Å².